The summed E-state index contributed by atoms with van der Waals surface area (Å²) in [6.07, 6.45) is -0.466. The van der Waals surface area contributed by atoms with Gasteiger partial charge in [-0.2, -0.15) is 0 Å². The van der Waals surface area contributed by atoms with Crippen molar-refractivity contribution in [1.82, 2.24) is 10.6 Å². The zero-order chi connectivity index (χ0) is 20.4. The number of benzene rings is 2. The second kappa shape index (κ2) is 10.7. The minimum Gasteiger partial charge on any atom is -0.467 e. The van der Waals surface area contributed by atoms with Crippen molar-refractivity contribution < 1.29 is 23.9 Å². The summed E-state index contributed by atoms with van der Waals surface area (Å²) in [4.78, 5) is 36.4. The fourth-order valence-corrected chi connectivity index (χ4v) is 2.52. The Hall–Kier alpha value is -3.35. The smallest absolute Gasteiger partial charge is 0.408 e. The van der Waals surface area contributed by atoms with E-state index in [2.05, 4.69) is 15.4 Å². The van der Waals surface area contributed by atoms with Crippen LogP contribution in [0.3, 0.4) is 0 Å². The highest BCUT2D eigenvalue weighted by molar-refractivity contribution is 5.89. The predicted octanol–water partition coefficient (Wildman–Crippen LogP) is 2.20. The molecule has 2 atom stereocenters. The lowest BCUT2D eigenvalue weighted by atomic mass is 10.1. The molecule has 2 aromatic carbocycles. The van der Waals surface area contributed by atoms with Gasteiger partial charge in [-0.1, -0.05) is 60.7 Å². The molecule has 2 N–H and O–H groups in total. The first-order valence-electron chi connectivity index (χ1n) is 8.89. The number of methoxy groups -OCH3 is 1. The first-order valence-corrected chi connectivity index (χ1v) is 8.89. The Kier molecular flexibility index (Phi) is 8.02. The zero-order valence-corrected chi connectivity index (χ0v) is 15.9. The average molecular weight is 384 g/mol. The molecule has 0 aromatic heterocycles. The summed E-state index contributed by atoms with van der Waals surface area (Å²) in [5, 5.41) is 5.12. The van der Waals surface area contributed by atoms with E-state index < -0.39 is 30.1 Å². The summed E-state index contributed by atoms with van der Waals surface area (Å²) in [5.41, 5.74) is 1.69. The van der Waals surface area contributed by atoms with Gasteiger partial charge in [-0.3, -0.25) is 4.79 Å². The van der Waals surface area contributed by atoms with Crippen molar-refractivity contribution in [3.8, 4) is 0 Å². The van der Waals surface area contributed by atoms with E-state index in [1.165, 1.54) is 14.0 Å². The third kappa shape index (κ3) is 6.75. The maximum Gasteiger partial charge on any atom is 0.408 e. The first-order chi connectivity index (χ1) is 13.5. The summed E-state index contributed by atoms with van der Waals surface area (Å²) in [5.74, 6) is -1.07. The van der Waals surface area contributed by atoms with E-state index in [9.17, 15) is 14.4 Å². The number of amides is 2. The molecule has 0 aliphatic carbocycles. The van der Waals surface area contributed by atoms with E-state index in [0.29, 0.717) is 0 Å². The molecule has 0 saturated carbocycles. The molecule has 0 radical (unpaired) electrons. The Balaban J connectivity index is 2.01. The Morgan fingerprint density at radius 3 is 2.04 bits per heavy atom. The molecule has 7 heteroatoms. The number of rotatable bonds is 8. The molecule has 0 aliphatic rings. The lowest BCUT2D eigenvalue weighted by Crippen LogP contribution is -2.52. The number of carbonyl (C=O) groups is 3. The SMILES string of the molecule is COC(=O)[C@H](C)NC(=O)[C@@H](Cc1ccccc1)NC(=O)OCc1ccccc1. The average Bonchev–Trinajstić information content (AvgIpc) is 2.72. The second-order valence-electron chi connectivity index (χ2n) is 6.20. The predicted molar refractivity (Wildman–Crippen MR) is 103 cm³/mol. The van der Waals surface area contributed by atoms with Gasteiger partial charge >= 0.3 is 12.1 Å². The number of carbonyl (C=O) groups excluding carboxylic acids is 3. The Labute approximate surface area is 164 Å². The fraction of sp³-hybridized carbons (Fsp3) is 0.286. The summed E-state index contributed by atoms with van der Waals surface area (Å²) in [6, 6.07) is 16.7. The van der Waals surface area contributed by atoms with Gasteiger partial charge in [0.25, 0.3) is 0 Å². The normalized spacial score (nSPS) is 12.4. The molecule has 148 valence electrons. The van der Waals surface area contributed by atoms with Crippen LogP contribution in [0.1, 0.15) is 18.1 Å². The summed E-state index contributed by atoms with van der Waals surface area (Å²) < 4.78 is 9.81. The summed E-state index contributed by atoms with van der Waals surface area (Å²) in [7, 11) is 1.24. The number of hydrogen-bond acceptors (Lipinski definition) is 5. The van der Waals surface area contributed by atoms with Gasteiger partial charge in [0.15, 0.2) is 0 Å². The highest BCUT2D eigenvalue weighted by Gasteiger charge is 2.25. The van der Waals surface area contributed by atoms with Gasteiger partial charge < -0.3 is 20.1 Å². The lowest BCUT2D eigenvalue weighted by Gasteiger charge is -2.20. The molecule has 28 heavy (non-hydrogen) atoms. The molecular weight excluding hydrogens is 360 g/mol. The molecule has 0 heterocycles. The molecule has 0 saturated heterocycles. The van der Waals surface area contributed by atoms with Crippen molar-refractivity contribution in [2.24, 2.45) is 0 Å². The molecular formula is C21H24N2O5. The molecule has 7 nitrogen and oxygen atoms in total. The van der Waals surface area contributed by atoms with Crippen LogP contribution < -0.4 is 10.6 Å². The minimum atomic E-state index is -0.905. The molecule has 2 rings (SSSR count). The van der Waals surface area contributed by atoms with Gasteiger partial charge in [-0.15, -0.1) is 0 Å². The standard InChI is InChI=1S/C21H24N2O5/c1-15(20(25)27-2)22-19(24)18(13-16-9-5-3-6-10-16)23-21(26)28-14-17-11-7-4-8-12-17/h3-12,15,18H,13-14H2,1-2H3,(H,22,24)(H,23,26)/t15-,18+/m0/s1. The highest BCUT2D eigenvalue weighted by Crippen LogP contribution is 2.06. The van der Waals surface area contributed by atoms with Crippen molar-refractivity contribution in [1.29, 1.82) is 0 Å². The van der Waals surface area contributed by atoms with Crippen molar-refractivity contribution in [3.63, 3.8) is 0 Å². The van der Waals surface area contributed by atoms with Gasteiger partial charge in [0.1, 0.15) is 18.7 Å². The van der Waals surface area contributed by atoms with Gasteiger partial charge in [-0.25, -0.2) is 9.59 Å². The van der Waals surface area contributed by atoms with E-state index in [1.54, 1.807) is 0 Å². The van der Waals surface area contributed by atoms with Crippen LogP contribution in [0.4, 0.5) is 4.79 Å². The number of ether oxygens (including phenoxy) is 2. The van der Waals surface area contributed by atoms with Gasteiger partial charge in [0, 0.05) is 6.42 Å². The number of alkyl carbamates (subject to hydrolysis) is 1. The molecule has 2 aromatic rings. The lowest BCUT2D eigenvalue weighted by molar-refractivity contribution is -0.144. The molecule has 0 spiro atoms. The molecule has 0 fully saturated rings. The van der Waals surface area contributed by atoms with Gasteiger partial charge in [0.05, 0.1) is 7.11 Å². The number of esters is 1. The molecule has 0 unspecified atom stereocenters. The Morgan fingerprint density at radius 1 is 0.893 bits per heavy atom. The van der Waals surface area contributed by atoms with E-state index in [0.717, 1.165) is 11.1 Å². The summed E-state index contributed by atoms with van der Waals surface area (Å²) in [6.45, 7) is 1.60. The summed E-state index contributed by atoms with van der Waals surface area (Å²) >= 11 is 0. The fourth-order valence-electron chi connectivity index (χ4n) is 2.52. The Morgan fingerprint density at radius 2 is 1.46 bits per heavy atom. The monoisotopic (exact) mass is 384 g/mol. The van der Waals surface area contributed by atoms with Crippen LogP contribution in [-0.2, 0) is 32.1 Å². The van der Waals surface area contributed by atoms with Gasteiger partial charge in [0.2, 0.25) is 5.91 Å². The third-order valence-electron chi connectivity index (χ3n) is 4.02. The van der Waals surface area contributed by atoms with E-state index in [1.807, 2.05) is 60.7 Å². The van der Waals surface area contributed by atoms with Crippen LogP contribution in [0.15, 0.2) is 60.7 Å². The van der Waals surface area contributed by atoms with E-state index in [4.69, 9.17) is 4.74 Å². The topological polar surface area (TPSA) is 93.7 Å². The van der Waals surface area contributed by atoms with Crippen LogP contribution >= 0.6 is 0 Å². The van der Waals surface area contributed by atoms with Crippen LogP contribution in [0.25, 0.3) is 0 Å². The zero-order valence-electron chi connectivity index (χ0n) is 15.9. The quantitative estimate of drug-likeness (QED) is 0.681. The molecule has 0 bridgehead atoms. The number of nitrogens with one attached hydrogen (secondary N) is 2. The Bertz CT molecular complexity index is 780. The van der Waals surface area contributed by atoms with Crippen LogP contribution in [-0.4, -0.2) is 37.2 Å². The van der Waals surface area contributed by atoms with Crippen molar-refractivity contribution >= 4 is 18.0 Å². The highest BCUT2D eigenvalue weighted by atomic mass is 16.5. The second-order valence-corrected chi connectivity index (χ2v) is 6.20. The van der Waals surface area contributed by atoms with Crippen LogP contribution in [0, 0.1) is 0 Å². The first kappa shape index (κ1) is 21.0. The van der Waals surface area contributed by atoms with Crippen LogP contribution in [0.5, 0.6) is 0 Å². The number of hydrogen-bond donors (Lipinski definition) is 2. The maximum absolute atomic E-state index is 12.6. The third-order valence-corrected chi connectivity index (χ3v) is 4.02. The van der Waals surface area contributed by atoms with Crippen LogP contribution in [0.2, 0.25) is 0 Å². The van der Waals surface area contributed by atoms with Gasteiger partial charge in [-0.05, 0) is 18.1 Å². The maximum atomic E-state index is 12.6. The molecule has 2 amide bonds. The van der Waals surface area contributed by atoms with E-state index in [-0.39, 0.29) is 13.0 Å². The van der Waals surface area contributed by atoms with Crippen molar-refractivity contribution in [3.05, 3.63) is 71.8 Å². The minimum absolute atomic E-state index is 0.0882. The largest absolute Gasteiger partial charge is 0.467 e. The van der Waals surface area contributed by atoms with Crippen molar-refractivity contribution in [2.45, 2.75) is 32.0 Å². The van der Waals surface area contributed by atoms with E-state index >= 15 is 0 Å². The van der Waals surface area contributed by atoms with Crippen molar-refractivity contribution in [2.75, 3.05) is 7.11 Å². The molecule has 0 aliphatic heterocycles.